The molecule has 0 saturated carbocycles. The van der Waals surface area contributed by atoms with Gasteiger partial charge in [-0.25, -0.2) is 0 Å². The van der Waals surface area contributed by atoms with Crippen LogP contribution in [0.25, 0.3) is 0 Å². The van der Waals surface area contributed by atoms with E-state index < -0.39 is 0 Å². The average molecular weight is 356 g/mol. The van der Waals surface area contributed by atoms with Gasteiger partial charge >= 0.3 is 0 Å². The van der Waals surface area contributed by atoms with E-state index in [4.69, 9.17) is 0 Å². The van der Waals surface area contributed by atoms with Gasteiger partial charge in [0.15, 0.2) is 0 Å². The summed E-state index contributed by atoms with van der Waals surface area (Å²) in [5.41, 5.74) is 1.99. The van der Waals surface area contributed by atoms with Crippen molar-refractivity contribution < 1.29 is 9.59 Å². The molecule has 25 heavy (non-hydrogen) atoms. The molecule has 2 aromatic rings. The topological polar surface area (TPSA) is 58.2 Å². The van der Waals surface area contributed by atoms with Crippen LogP contribution in [0.5, 0.6) is 0 Å². The van der Waals surface area contributed by atoms with Crippen LogP contribution >= 0.6 is 11.3 Å². The quantitative estimate of drug-likeness (QED) is 0.856. The molecule has 2 amide bonds. The van der Waals surface area contributed by atoms with Gasteiger partial charge in [0.1, 0.15) is 0 Å². The number of benzene rings is 1. The lowest BCUT2D eigenvalue weighted by atomic mass is 9.99. The van der Waals surface area contributed by atoms with E-state index in [1.165, 1.54) is 23.3 Å². The Labute approximate surface area is 152 Å². The molecule has 0 aliphatic heterocycles. The van der Waals surface area contributed by atoms with E-state index >= 15 is 0 Å². The lowest BCUT2D eigenvalue weighted by molar-refractivity contribution is 0.0920. The Morgan fingerprint density at radius 3 is 2.48 bits per heavy atom. The molecule has 0 atom stereocenters. The Bertz CT molecular complexity index is 779. The number of nitrogens with one attached hydrogen (secondary N) is 2. The van der Waals surface area contributed by atoms with E-state index in [0.717, 1.165) is 17.7 Å². The molecule has 1 aromatic carbocycles. The first kappa shape index (κ1) is 17.7. The maximum Gasteiger partial charge on any atom is 0.265 e. The van der Waals surface area contributed by atoms with Crippen molar-refractivity contribution in [2.24, 2.45) is 0 Å². The fourth-order valence-corrected chi connectivity index (χ4v) is 4.13. The number of fused-ring (bicyclic) bond motifs is 1. The predicted molar refractivity (Wildman–Crippen MR) is 103 cm³/mol. The van der Waals surface area contributed by atoms with E-state index in [2.05, 4.69) is 10.6 Å². The molecule has 132 valence electrons. The molecule has 4 nitrogen and oxygen atoms in total. The van der Waals surface area contributed by atoms with Crippen molar-refractivity contribution >= 4 is 28.8 Å². The summed E-state index contributed by atoms with van der Waals surface area (Å²) in [5, 5.41) is 5.85. The third-order valence-corrected chi connectivity index (χ3v) is 5.36. The van der Waals surface area contributed by atoms with E-state index in [-0.39, 0.29) is 17.4 Å². The third kappa shape index (κ3) is 4.28. The van der Waals surface area contributed by atoms with E-state index in [1.807, 2.05) is 32.9 Å². The molecule has 1 aliphatic rings. The van der Waals surface area contributed by atoms with Crippen LogP contribution in [0.4, 0.5) is 5.69 Å². The maximum atomic E-state index is 12.7. The average Bonchev–Trinajstić information content (AvgIpc) is 2.98. The van der Waals surface area contributed by atoms with Crippen LogP contribution in [-0.2, 0) is 12.8 Å². The number of hydrogen-bond acceptors (Lipinski definition) is 3. The molecule has 3 rings (SSSR count). The first-order valence-electron chi connectivity index (χ1n) is 8.68. The summed E-state index contributed by atoms with van der Waals surface area (Å²) >= 11 is 1.57. The molecule has 1 aromatic heterocycles. The van der Waals surface area contributed by atoms with E-state index in [1.54, 1.807) is 29.5 Å². The summed E-state index contributed by atoms with van der Waals surface area (Å²) in [4.78, 5) is 27.2. The zero-order chi connectivity index (χ0) is 18.0. The minimum absolute atomic E-state index is 0.143. The summed E-state index contributed by atoms with van der Waals surface area (Å²) in [6.07, 6.45) is 4.52. The Balaban J connectivity index is 1.80. The Morgan fingerprint density at radius 2 is 1.76 bits per heavy atom. The lowest BCUT2D eigenvalue weighted by Crippen LogP contribution is -2.40. The Kier molecular flexibility index (Phi) is 4.95. The highest BCUT2D eigenvalue weighted by atomic mass is 32.1. The highest BCUT2D eigenvalue weighted by Crippen LogP contribution is 2.30. The molecule has 0 unspecified atom stereocenters. The van der Waals surface area contributed by atoms with Crippen molar-refractivity contribution in [2.75, 3.05) is 5.32 Å². The van der Waals surface area contributed by atoms with Crippen LogP contribution in [0.15, 0.2) is 30.3 Å². The SMILES string of the molecule is CC(C)(C)NC(=O)c1ccccc1NC(=O)c1cc2c(s1)CCCC2. The van der Waals surface area contributed by atoms with Gasteiger partial charge in [-0.2, -0.15) is 0 Å². The summed E-state index contributed by atoms with van der Waals surface area (Å²) in [6, 6.07) is 9.13. The molecule has 2 N–H and O–H groups in total. The van der Waals surface area contributed by atoms with E-state index in [0.29, 0.717) is 11.3 Å². The number of hydrogen-bond donors (Lipinski definition) is 2. The van der Waals surface area contributed by atoms with Gasteiger partial charge < -0.3 is 10.6 Å². The second-order valence-corrected chi connectivity index (χ2v) is 8.61. The van der Waals surface area contributed by atoms with Crippen LogP contribution in [0, 0.1) is 0 Å². The van der Waals surface area contributed by atoms with Gasteiger partial charge in [-0.3, -0.25) is 9.59 Å². The van der Waals surface area contributed by atoms with Crippen molar-refractivity contribution in [1.29, 1.82) is 0 Å². The van der Waals surface area contributed by atoms with Crippen LogP contribution in [0.1, 0.15) is 64.1 Å². The van der Waals surface area contributed by atoms with Crippen LogP contribution in [0.3, 0.4) is 0 Å². The van der Waals surface area contributed by atoms with Crippen LogP contribution < -0.4 is 10.6 Å². The Hall–Kier alpha value is -2.14. The van der Waals surface area contributed by atoms with Crippen molar-refractivity contribution in [3.05, 3.63) is 51.2 Å². The predicted octanol–water partition coefficient (Wildman–Crippen LogP) is 4.41. The van der Waals surface area contributed by atoms with Crippen molar-refractivity contribution in [1.82, 2.24) is 5.32 Å². The van der Waals surface area contributed by atoms with Gasteiger partial charge in [0.25, 0.3) is 11.8 Å². The number of carbonyl (C=O) groups excluding carboxylic acids is 2. The molecule has 1 heterocycles. The molecule has 5 heteroatoms. The number of rotatable bonds is 3. The van der Waals surface area contributed by atoms with Crippen molar-refractivity contribution in [3.63, 3.8) is 0 Å². The largest absolute Gasteiger partial charge is 0.347 e. The summed E-state index contributed by atoms with van der Waals surface area (Å²) in [6.45, 7) is 5.80. The minimum atomic E-state index is -0.332. The number of para-hydroxylation sites is 1. The smallest absolute Gasteiger partial charge is 0.265 e. The Morgan fingerprint density at radius 1 is 1.04 bits per heavy atom. The lowest BCUT2D eigenvalue weighted by Gasteiger charge is -2.21. The maximum absolute atomic E-state index is 12.7. The van der Waals surface area contributed by atoms with Crippen LogP contribution in [0.2, 0.25) is 0 Å². The monoisotopic (exact) mass is 356 g/mol. The molecule has 0 bridgehead atoms. The molecule has 0 fully saturated rings. The van der Waals surface area contributed by atoms with Gasteiger partial charge in [-0.15, -0.1) is 11.3 Å². The van der Waals surface area contributed by atoms with Gasteiger partial charge in [0.2, 0.25) is 0 Å². The summed E-state index contributed by atoms with van der Waals surface area (Å²) in [7, 11) is 0. The molecule has 1 aliphatic carbocycles. The van der Waals surface area contributed by atoms with Gasteiger partial charge in [-0.1, -0.05) is 12.1 Å². The zero-order valence-corrected chi connectivity index (χ0v) is 15.8. The number of amides is 2. The summed E-state index contributed by atoms with van der Waals surface area (Å²) in [5.74, 6) is -0.329. The molecule has 0 radical (unpaired) electrons. The zero-order valence-electron chi connectivity index (χ0n) is 14.9. The molecule has 0 saturated heterocycles. The summed E-state index contributed by atoms with van der Waals surface area (Å²) < 4.78 is 0. The highest BCUT2D eigenvalue weighted by Gasteiger charge is 2.21. The number of thiophene rings is 1. The first-order valence-corrected chi connectivity index (χ1v) is 9.49. The second kappa shape index (κ2) is 7.00. The van der Waals surface area contributed by atoms with Crippen LogP contribution in [-0.4, -0.2) is 17.4 Å². The molecular weight excluding hydrogens is 332 g/mol. The number of carbonyl (C=O) groups is 2. The molecule has 0 spiro atoms. The van der Waals surface area contributed by atoms with Gasteiger partial charge in [0, 0.05) is 10.4 Å². The van der Waals surface area contributed by atoms with Crippen molar-refractivity contribution in [2.45, 2.75) is 52.0 Å². The fraction of sp³-hybridized carbons (Fsp3) is 0.400. The first-order chi connectivity index (χ1) is 11.8. The highest BCUT2D eigenvalue weighted by molar-refractivity contribution is 7.14. The normalized spacial score (nSPS) is 13.9. The van der Waals surface area contributed by atoms with Gasteiger partial charge in [-0.05, 0) is 70.2 Å². The van der Waals surface area contributed by atoms with E-state index in [9.17, 15) is 9.59 Å². The van der Waals surface area contributed by atoms with Gasteiger partial charge in [0.05, 0.1) is 16.1 Å². The fourth-order valence-electron chi connectivity index (χ4n) is 2.98. The molecular formula is C20H24N2O2S. The second-order valence-electron chi connectivity index (χ2n) is 7.47. The third-order valence-electron chi connectivity index (χ3n) is 4.13. The minimum Gasteiger partial charge on any atom is -0.347 e. The number of anilines is 1. The standard InChI is InChI=1S/C20H24N2O2S/c1-20(2,3)22-18(23)14-9-5-6-10-15(14)21-19(24)17-12-13-8-4-7-11-16(13)25-17/h5-6,9-10,12H,4,7-8,11H2,1-3H3,(H,21,24)(H,22,23). The number of aryl methyl sites for hydroxylation is 2. The van der Waals surface area contributed by atoms with Crippen molar-refractivity contribution in [3.8, 4) is 0 Å².